The zero-order valence-electron chi connectivity index (χ0n) is 11.3. The number of piperidine rings is 1. The number of sulfonamides is 1. The molecular formula is C13H26N2O2S. The van der Waals surface area contributed by atoms with Crippen LogP contribution in [0.3, 0.4) is 0 Å². The predicted octanol–water partition coefficient (Wildman–Crippen LogP) is 1.85. The van der Waals surface area contributed by atoms with Gasteiger partial charge in [-0.15, -0.1) is 0 Å². The lowest BCUT2D eigenvalue weighted by molar-refractivity contribution is 0.192. The molecule has 0 aromatic rings. The number of nitrogens with zero attached hydrogens (tertiary/aromatic N) is 1. The van der Waals surface area contributed by atoms with Crippen LogP contribution in [0.1, 0.15) is 58.3 Å². The molecule has 2 unspecified atom stereocenters. The summed E-state index contributed by atoms with van der Waals surface area (Å²) in [7, 11) is -3.14. The van der Waals surface area contributed by atoms with Gasteiger partial charge in [0.05, 0.1) is 5.25 Å². The normalized spacial score (nSPS) is 32.6. The number of hydrogen-bond acceptors (Lipinski definition) is 3. The van der Waals surface area contributed by atoms with Gasteiger partial charge in [-0.05, 0) is 32.6 Å². The Morgan fingerprint density at radius 3 is 2.33 bits per heavy atom. The Balaban J connectivity index is 2.19. The highest BCUT2D eigenvalue weighted by atomic mass is 32.2. The van der Waals surface area contributed by atoms with E-state index in [1.165, 1.54) is 6.42 Å². The summed E-state index contributed by atoms with van der Waals surface area (Å²) in [5, 5.41) is -0.152. The number of nitrogens with two attached hydrogens (primary N) is 1. The minimum atomic E-state index is -3.14. The summed E-state index contributed by atoms with van der Waals surface area (Å²) in [6, 6.07) is 0.153. The SMILES string of the molecule is CC1CCCC(CN)N1S(=O)(=O)C1CCCCC1. The molecule has 0 aromatic carbocycles. The molecule has 1 heterocycles. The molecule has 0 spiro atoms. The molecule has 18 heavy (non-hydrogen) atoms. The average Bonchev–Trinajstić information content (AvgIpc) is 2.39. The first-order chi connectivity index (χ1) is 8.57. The van der Waals surface area contributed by atoms with Gasteiger partial charge in [-0.3, -0.25) is 0 Å². The van der Waals surface area contributed by atoms with Gasteiger partial charge in [0, 0.05) is 18.6 Å². The van der Waals surface area contributed by atoms with E-state index in [9.17, 15) is 8.42 Å². The van der Waals surface area contributed by atoms with Gasteiger partial charge in [0.2, 0.25) is 10.0 Å². The first kappa shape index (κ1) is 14.3. The summed E-state index contributed by atoms with van der Waals surface area (Å²) < 4.78 is 27.3. The van der Waals surface area contributed by atoms with Gasteiger partial charge in [-0.1, -0.05) is 25.7 Å². The molecule has 0 bridgehead atoms. The summed E-state index contributed by atoms with van der Waals surface area (Å²) >= 11 is 0. The molecule has 106 valence electrons. The van der Waals surface area contributed by atoms with Crippen LogP contribution in [0, 0.1) is 0 Å². The van der Waals surface area contributed by atoms with E-state index in [2.05, 4.69) is 0 Å². The molecule has 1 aliphatic heterocycles. The van der Waals surface area contributed by atoms with E-state index in [-0.39, 0.29) is 17.3 Å². The van der Waals surface area contributed by atoms with Crippen LogP contribution in [0.2, 0.25) is 0 Å². The largest absolute Gasteiger partial charge is 0.329 e. The molecule has 2 rings (SSSR count). The molecule has 0 amide bonds. The lowest BCUT2D eigenvalue weighted by Crippen LogP contribution is -2.54. The first-order valence-corrected chi connectivity index (χ1v) is 8.80. The van der Waals surface area contributed by atoms with Crippen molar-refractivity contribution in [1.29, 1.82) is 0 Å². The summed E-state index contributed by atoms with van der Waals surface area (Å²) in [5.41, 5.74) is 5.78. The Labute approximate surface area is 111 Å². The smallest absolute Gasteiger partial charge is 0.217 e. The molecule has 1 aliphatic carbocycles. The fourth-order valence-corrected chi connectivity index (χ4v) is 5.97. The van der Waals surface area contributed by atoms with Crippen molar-refractivity contribution in [3.8, 4) is 0 Å². The second kappa shape index (κ2) is 5.88. The third kappa shape index (κ3) is 2.73. The standard InChI is InChI=1S/C13H26N2O2S/c1-11-6-5-7-12(10-14)15(11)18(16,17)13-8-3-2-4-9-13/h11-13H,2-10,14H2,1H3. The summed E-state index contributed by atoms with van der Waals surface area (Å²) in [4.78, 5) is 0. The van der Waals surface area contributed by atoms with Crippen LogP contribution in [0.4, 0.5) is 0 Å². The van der Waals surface area contributed by atoms with Crippen LogP contribution in [0.5, 0.6) is 0 Å². The van der Waals surface area contributed by atoms with Gasteiger partial charge in [0.15, 0.2) is 0 Å². The molecule has 5 heteroatoms. The summed E-state index contributed by atoms with van der Waals surface area (Å²) in [6.45, 7) is 2.48. The second-order valence-electron chi connectivity index (χ2n) is 5.80. The molecule has 0 aromatic heterocycles. The van der Waals surface area contributed by atoms with Crippen molar-refractivity contribution in [3.05, 3.63) is 0 Å². The van der Waals surface area contributed by atoms with E-state index in [1.54, 1.807) is 4.31 Å². The Morgan fingerprint density at radius 2 is 1.72 bits per heavy atom. The lowest BCUT2D eigenvalue weighted by atomic mass is 10.00. The Bertz CT molecular complexity index is 363. The van der Waals surface area contributed by atoms with Crippen LogP contribution in [0.25, 0.3) is 0 Å². The van der Waals surface area contributed by atoms with Crippen LogP contribution >= 0.6 is 0 Å². The maximum atomic E-state index is 12.8. The molecule has 0 radical (unpaired) electrons. The van der Waals surface area contributed by atoms with Crippen molar-refractivity contribution in [2.24, 2.45) is 5.73 Å². The lowest BCUT2D eigenvalue weighted by Gasteiger charge is -2.41. The van der Waals surface area contributed by atoms with E-state index in [0.717, 1.165) is 44.9 Å². The van der Waals surface area contributed by atoms with Crippen molar-refractivity contribution < 1.29 is 8.42 Å². The number of hydrogen-bond donors (Lipinski definition) is 1. The first-order valence-electron chi connectivity index (χ1n) is 7.29. The topological polar surface area (TPSA) is 63.4 Å². The average molecular weight is 274 g/mol. The zero-order valence-corrected chi connectivity index (χ0v) is 12.2. The van der Waals surface area contributed by atoms with Gasteiger partial charge < -0.3 is 5.73 Å². The molecule has 2 fully saturated rings. The van der Waals surface area contributed by atoms with Gasteiger partial charge in [0.1, 0.15) is 0 Å². The Morgan fingerprint density at radius 1 is 1.06 bits per heavy atom. The molecule has 2 aliphatic rings. The molecule has 2 atom stereocenters. The molecule has 1 saturated carbocycles. The van der Waals surface area contributed by atoms with E-state index in [0.29, 0.717) is 6.54 Å². The highest BCUT2D eigenvalue weighted by Crippen LogP contribution is 2.32. The van der Waals surface area contributed by atoms with Gasteiger partial charge in [0.25, 0.3) is 0 Å². The Hall–Kier alpha value is -0.130. The quantitative estimate of drug-likeness (QED) is 0.854. The minimum Gasteiger partial charge on any atom is -0.329 e. The maximum absolute atomic E-state index is 12.8. The van der Waals surface area contributed by atoms with Crippen molar-refractivity contribution in [1.82, 2.24) is 4.31 Å². The minimum absolute atomic E-state index is 0.0284. The second-order valence-corrected chi connectivity index (χ2v) is 7.92. The zero-order chi connectivity index (χ0) is 13.2. The van der Waals surface area contributed by atoms with Gasteiger partial charge in [-0.2, -0.15) is 4.31 Å². The maximum Gasteiger partial charge on any atom is 0.217 e. The highest BCUT2D eigenvalue weighted by molar-refractivity contribution is 7.89. The van der Waals surface area contributed by atoms with Gasteiger partial charge >= 0.3 is 0 Å². The third-order valence-corrected chi connectivity index (χ3v) is 7.05. The van der Waals surface area contributed by atoms with Crippen LogP contribution in [-0.4, -0.2) is 36.6 Å². The van der Waals surface area contributed by atoms with E-state index in [1.807, 2.05) is 6.92 Å². The summed E-state index contributed by atoms with van der Waals surface area (Å²) in [6.07, 6.45) is 7.96. The predicted molar refractivity (Wildman–Crippen MR) is 73.8 cm³/mol. The van der Waals surface area contributed by atoms with Crippen LogP contribution in [-0.2, 0) is 10.0 Å². The fourth-order valence-electron chi connectivity index (χ4n) is 3.48. The van der Waals surface area contributed by atoms with Gasteiger partial charge in [-0.25, -0.2) is 8.42 Å². The molecule has 2 N–H and O–H groups in total. The van der Waals surface area contributed by atoms with Crippen molar-refractivity contribution in [2.45, 2.75) is 75.6 Å². The Kier molecular flexibility index (Phi) is 4.67. The highest BCUT2D eigenvalue weighted by Gasteiger charge is 2.40. The molecule has 1 saturated heterocycles. The monoisotopic (exact) mass is 274 g/mol. The van der Waals surface area contributed by atoms with Crippen molar-refractivity contribution in [2.75, 3.05) is 6.54 Å². The van der Waals surface area contributed by atoms with Crippen LogP contribution in [0.15, 0.2) is 0 Å². The summed E-state index contributed by atoms with van der Waals surface area (Å²) in [5.74, 6) is 0. The van der Waals surface area contributed by atoms with E-state index < -0.39 is 10.0 Å². The third-order valence-electron chi connectivity index (χ3n) is 4.49. The van der Waals surface area contributed by atoms with E-state index in [4.69, 9.17) is 5.73 Å². The van der Waals surface area contributed by atoms with Crippen molar-refractivity contribution >= 4 is 10.0 Å². The molecular weight excluding hydrogens is 248 g/mol. The van der Waals surface area contributed by atoms with E-state index >= 15 is 0 Å². The fraction of sp³-hybridized carbons (Fsp3) is 1.00. The van der Waals surface area contributed by atoms with Crippen molar-refractivity contribution in [3.63, 3.8) is 0 Å². The van der Waals surface area contributed by atoms with Crippen LogP contribution < -0.4 is 5.73 Å². The molecule has 4 nitrogen and oxygen atoms in total. The number of rotatable bonds is 3.